The van der Waals surface area contributed by atoms with Gasteiger partial charge in [-0.1, -0.05) is 44.7 Å². The highest BCUT2D eigenvalue weighted by atomic mass is 32.2. The van der Waals surface area contributed by atoms with Crippen LogP contribution in [0.2, 0.25) is 0 Å². The second kappa shape index (κ2) is 5.35. The minimum absolute atomic E-state index is 0.114. The van der Waals surface area contributed by atoms with Crippen molar-refractivity contribution >= 4 is 22.6 Å². The van der Waals surface area contributed by atoms with Crippen molar-refractivity contribution in [2.45, 2.75) is 45.6 Å². The summed E-state index contributed by atoms with van der Waals surface area (Å²) in [6.45, 7) is 8.86. The predicted octanol–water partition coefficient (Wildman–Crippen LogP) is 4.49. The molecule has 0 aromatic heterocycles. The Kier molecular flexibility index (Phi) is 4.00. The van der Waals surface area contributed by atoms with Crippen LogP contribution in [0, 0.1) is 0 Å². The summed E-state index contributed by atoms with van der Waals surface area (Å²) in [6, 6.07) is 8.61. The number of anilines is 1. The number of benzene rings is 1. The van der Waals surface area contributed by atoms with Crippen LogP contribution in [0.5, 0.6) is 0 Å². The summed E-state index contributed by atoms with van der Waals surface area (Å²) in [5, 5.41) is 4.49. The summed E-state index contributed by atoms with van der Waals surface area (Å²) in [5.74, 6) is 1.64. The van der Waals surface area contributed by atoms with Crippen molar-refractivity contribution in [3.8, 4) is 0 Å². The molecule has 0 bridgehead atoms. The Labute approximate surface area is 114 Å². The minimum atomic E-state index is 0.114. The zero-order valence-corrected chi connectivity index (χ0v) is 12.5. The third kappa shape index (κ3) is 3.08. The number of hydrogen-bond donors (Lipinski definition) is 1. The van der Waals surface area contributed by atoms with E-state index in [4.69, 9.17) is 4.99 Å². The van der Waals surface area contributed by atoms with Crippen LogP contribution >= 0.6 is 11.8 Å². The van der Waals surface area contributed by atoms with Gasteiger partial charge in [0.05, 0.1) is 5.54 Å². The molecule has 18 heavy (non-hydrogen) atoms. The van der Waals surface area contributed by atoms with Gasteiger partial charge in [0.15, 0.2) is 5.17 Å². The van der Waals surface area contributed by atoms with Crippen LogP contribution in [0.3, 0.4) is 0 Å². The van der Waals surface area contributed by atoms with Gasteiger partial charge in [0, 0.05) is 11.4 Å². The van der Waals surface area contributed by atoms with Gasteiger partial charge in [0.25, 0.3) is 0 Å². The SMILES string of the molecule is CCC1(C)CSC(Nc2cccc(C(C)C)c2)=N1. The number of amidine groups is 1. The number of nitrogens with one attached hydrogen (secondary N) is 1. The van der Waals surface area contributed by atoms with E-state index in [2.05, 4.69) is 57.3 Å². The average Bonchev–Trinajstić information content (AvgIpc) is 2.72. The van der Waals surface area contributed by atoms with Gasteiger partial charge in [-0.25, -0.2) is 0 Å². The number of thioether (sulfide) groups is 1. The van der Waals surface area contributed by atoms with Gasteiger partial charge >= 0.3 is 0 Å². The number of hydrogen-bond acceptors (Lipinski definition) is 3. The first-order valence-corrected chi connectivity index (χ1v) is 7.60. The van der Waals surface area contributed by atoms with Gasteiger partial charge in [-0.05, 0) is 37.0 Å². The van der Waals surface area contributed by atoms with Crippen molar-refractivity contribution in [3.63, 3.8) is 0 Å². The molecule has 0 aliphatic carbocycles. The van der Waals surface area contributed by atoms with E-state index in [-0.39, 0.29) is 5.54 Å². The summed E-state index contributed by atoms with van der Waals surface area (Å²) < 4.78 is 0. The summed E-state index contributed by atoms with van der Waals surface area (Å²) in [5.41, 5.74) is 2.62. The van der Waals surface area contributed by atoms with E-state index in [0.29, 0.717) is 5.92 Å². The predicted molar refractivity (Wildman–Crippen MR) is 82.7 cm³/mol. The first-order valence-electron chi connectivity index (χ1n) is 6.62. The largest absolute Gasteiger partial charge is 0.335 e. The Hall–Kier alpha value is -0.960. The highest BCUT2D eigenvalue weighted by Gasteiger charge is 2.28. The van der Waals surface area contributed by atoms with Crippen LogP contribution in [0.15, 0.2) is 29.3 Å². The Morgan fingerprint density at radius 3 is 2.83 bits per heavy atom. The summed E-state index contributed by atoms with van der Waals surface area (Å²) in [7, 11) is 0. The van der Waals surface area contributed by atoms with E-state index in [1.54, 1.807) is 0 Å². The molecule has 1 aliphatic heterocycles. The molecule has 1 N–H and O–H groups in total. The van der Waals surface area contributed by atoms with Crippen molar-refractivity contribution in [2.24, 2.45) is 4.99 Å². The number of nitrogens with zero attached hydrogens (tertiary/aromatic N) is 1. The Bertz CT molecular complexity index is 454. The molecule has 1 aliphatic rings. The molecule has 1 aromatic carbocycles. The summed E-state index contributed by atoms with van der Waals surface area (Å²) in [6.07, 6.45) is 1.09. The van der Waals surface area contributed by atoms with E-state index in [0.717, 1.165) is 23.0 Å². The van der Waals surface area contributed by atoms with Gasteiger partial charge in [-0.15, -0.1) is 0 Å². The van der Waals surface area contributed by atoms with Crippen molar-refractivity contribution in [2.75, 3.05) is 11.1 Å². The first kappa shape index (κ1) is 13.5. The lowest BCUT2D eigenvalue weighted by atomic mass is 10.0. The number of rotatable bonds is 3. The third-order valence-corrected chi connectivity index (χ3v) is 4.69. The molecular formula is C15H22N2S. The van der Waals surface area contributed by atoms with E-state index >= 15 is 0 Å². The van der Waals surface area contributed by atoms with Crippen molar-refractivity contribution < 1.29 is 0 Å². The van der Waals surface area contributed by atoms with Crippen LogP contribution in [-0.4, -0.2) is 16.5 Å². The van der Waals surface area contributed by atoms with Crippen molar-refractivity contribution in [1.29, 1.82) is 0 Å². The maximum absolute atomic E-state index is 4.78. The lowest BCUT2D eigenvalue weighted by molar-refractivity contribution is 0.523. The second-order valence-electron chi connectivity index (χ2n) is 5.46. The van der Waals surface area contributed by atoms with Crippen LogP contribution in [0.1, 0.15) is 45.6 Å². The molecule has 98 valence electrons. The molecule has 0 amide bonds. The molecule has 1 aromatic rings. The Morgan fingerprint density at radius 1 is 1.44 bits per heavy atom. The van der Waals surface area contributed by atoms with Gasteiger partial charge < -0.3 is 5.32 Å². The molecule has 1 heterocycles. The maximum atomic E-state index is 4.78. The second-order valence-corrected chi connectivity index (χ2v) is 6.43. The molecule has 0 spiro atoms. The Balaban J connectivity index is 2.11. The van der Waals surface area contributed by atoms with Crippen LogP contribution in [0.4, 0.5) is 5.69 Å². The van der Waals surface area contributed by atoms with Gasteiger partial charge in [-0.2, -0.15) is 0 Å². The lowest BCUT2D eigenvalue weighted by Gasteiger charge is -2.15. The van der Waals surface area contributed by atoms with Crippen LogP contribution < -0.4 is 5.32 Å². The summed E-state index contributed by atoms with van der Waals surface area (Å²) in [4.78, 5) is 4.78. The van der Waals surface area contributed by atoms with E-state index in [1.165, 1.54) is 5.56 Å². The van der Waals surface area contributed by atoms with E-state index < -0.39 is 0 Å². The molecule has 1 unspecified atom stereocenters. The van der Waals surface area contributed by atoms with Crippen molar-refractivity contribution in [3.05, 3.63) is 29.8 Å². The minimum Gasteiger partial charge on any atom is -0.335 e. The van der Waals surface area contributed by atoms with Crippen molar-refractivity contribution in [1.82, 2.24) is 0 Å². The fourth-order valence-electron chi connectivity index (χ4n) is 1.88. The summed E-state index contributed by atoms with van der Waals surface area (Å²) >= 11 is 1.82. The zero-order valence-electron chi connectivity index (χ0n) is 11.7. The highest BCUT2D eigenvalue weighted by molar-refractivity contribution is 8.14. The molecular weight excluding hydrogens is 240 g/mol. The van der Waals surface area contributed by atoms with E-state index in [9.17, 15) is 0 Å². The molecule has 2 rings (SSSR count). The maximum Gasteiger partial charge on any atom is 0.161 e. The van der Waals surface area contributed by atoms with Gasteiger partial charge in [0.2, 0.25) is 0 Å². The lowest BCUT2D eigenvalue weighted by Crippen LogP contribution is -2.20. The molecule has 2 nitrogen and oxygen atoms in total. The first-order chi connectivity index (χ1) is 8.52. The molecule has 0 saturated heterocycles. The van der Waals surface area contributed by atoms with Gasteiger partial charge in [0.1, 0.15) is 0 Å². The molecule has 0 radical (unpaired) electrons. The average molecular weight is 262 g/mol. The monoisotopic (exact) mass is 262 g/mol. The Morgan fingerprint density at radius 2 is 2.22 bits per heavy atom. The smallest absolute Gasteiger partial charge is 0.161 e. The topological polar surface area (TPSA) is 24.4 Å². The quantitative estimate of drug-likeness (QED) is 0.867. The molecule has 0 saturated carbocycles. The van der Waals surface area contributed by atoms with Gasteiger partial charge in [-0.3, -0.25) is 4.99 Å². The fraction of sp³-hybridized carbons (Fsp3) is 0.533. The number of aliphatic imine (C=N–C) groups is 1. The highest BCUT2D eigenvalue weighted by Crippen LogP contribution is 2.31. The molecule has 1 atom stereocenters. The zero-order chi connectivity index (χ0) is 13.2. The molecule has 3 heteroatoms. The standard InChI is InChI=1S/C15H22N2S/c1-5-15(4)10-18-14(17-15)16-13-8-6-7-12(9-13)11(2)3/h6-9,11H,5,10H2,1-4H3,(H,16,17). The third-order valence-electron chi connectivity index (χ3n) is 3.46. The van der Waals surface area contributed by atoms with Crippen LogP contribution in [0.25, 0.3) is 0 Å². The normalized spacial score (nSPS) is 23.3. The van der Waals surface area contributed by atoms with E-state index in [1.807, 2.05) is 11.8 Å². The molecule has 0 fully saturated rings. The van der Waals surface area contributed by atoms with Crippen LogP contribution in [-0.2, 0) is 0 Å². The fourth-order valence-corrected chi connectivity index (χ4v) is 3.07.